The molecule has 0 aromatic carbocycles. The molecule has 0 amide bonds. The molecular weight excluding hydrogens is 322 g/mol. The first-order chi connectivity index (χ1) is 9.30. The van der Waals surface area contributed by atoms with E-state index in [1.165, 1.54) is 6.92 Å². The molecule has 0 atom stereocenters. The third kappa shape index (κ3) is 3.85. The van der Waals surface area contributed by atoms with Crippen LogP contribution in [-0.2, 0) is 47.4 Å². The van der Waals surface area contributed by atoms with Gasteiger partial charge in [-0.3, -0.25) is 9.13 Å². The lowest BCUT2D eigenvalue weighted by atomic mass is 10.5. The van der Waals surface area contributed by atoms with Crippen molar-refractivity contribution >= 4 is 15.2 Å². The van der Waals surface area contributed by atoms with E-state index in [-0.39, 0.29) is 0 Å². The summed E-state index contributed by atoms with van der Waals surface area (Å²) in [4.78, 5) is 16.9. The molecule has 0 heterocycles. The Morgan fingerprint density at radius 1 is 0.800 bits per heavy atom. The van der Waals surface area contributed by atoms with E-state index in [2.05, 4.69) is 38.2 Å². The van der Waals surface area contributed by atoms with Crippen molar-refractivity contribution < 1.29 is 52.5 Å². The highest BCUT2D eigenvalue weighted by atomic mass is 31.2. The Kier molecular flexibility index (Phi) is 8.56. The highest BCUT2D eigenvalue weighted by molar-refractivity contribution is 7.73. The fourth-order valence-electron chi connectivity index (χ4n) is 1.19. The van der Waals surface area contributed by atoms with Crippen LogP contribution in [0.2, 0.25) is 0 Å². The average Bonchev–Trinajstić information content (AvgIpc) is 2.38. The van der Waals surface area contributed by atoms with Gasteiger partial charge in [0.1, 0.15) is 0 Å². The van der Waals surface area contributed by atoms with Gasteiger partial charge in [0.05, 0.1) is 28.4 Å². The molecular formula is C7H18O11P2. The largest absolute Gasteiger partial charge is 0.428 e. The van der Waals surface area contributed by atoms with Crippen molar-refractivity contribution in [3.8, 4) is 0 Å². The Morgan fingerprint density at radius 2 is 1.05 bits per heavy atom. The van der Waals surface area contributed by atoms with Crippen molar-refractivity contribution in [1.29, 1.82) is 0 Å². The number of hydrogen-bond donors (Lipinski definition) is 1. The minimum absolute atomic E-state index is 0.471. The fourth-order valence-corrected chi connectivity index (χ4v) is 4.88. The first-order valence-electron chi connectivity index (χ1n) is 5.13. The molecule has 0 spiro atoms. The summed E-state index contributed by atoms with van der Waals surface area (Å²) >= 11 is 0. The lowest BCUT2D eigenvalue weighted by Gasteiger charge is -2.33. The van der Waals surface area contributed by atoms with Gasteiger partial charge in [0.15, 0.2) is 0 Å². The summed E-state index contributed by atoms with van der Waals surface area (Å²) in [6.45, 7) is 1.30. The maximum atomic E-state index is 12.5. The predicted molar refractivity (Wildman–Crippen MR) is 62.8 cm³/mol. The topological polar surface area (TPSA) is 128 Å². The molecule has 0 unspecified atom stereocenters. The summed E-state index contributed by atoms with van der Waals surface area (Å²) in [5.41, 5.74) is 0. The molecule has 0 radical (unpaired) electrons. The molecule has 0 aromatic heterocycles. The smallest absolute Gasteiger partial charge is 0.367 e. The van der Waals surface area contributed by atoms with E-state index in [0.717, 1.165) is 28.4 Å². The van der Waals surface area contributed by atoms with Gasteiger partial charge < -0.3 is 5.11 Å². The van der Waals surface area contributed by atoms with Crippen LogP contribution < -0.4 is 0 Å². The molecule has 20 heavy (non-hydrogen) atoms. The molecule has 11 nitrogen and oxygen atoms in total. The molecule has 0 rings (SSSR count). The first-order valence-corrected chi connectivity index (χ1v) is 8.21. The van der Waals surface area contributed by atoms with Gasteiger partial charge in [-0.25, -0.2) is 19.6 Å². The zero-order valence-electron chi connectivity index (χ0n) is 11.6. The van der Waals surface area contributed by atoms with Crippen molar-refractivity contribution in [2.45, 2.75) is 18.4 Å². The highest BCUT2D eigenvalue weighted by Gasteiger charge is 2.67. The molecule has 0 bridgehead atoms. The Bertz CT molecular complexity index is 322. The quantitative estimate of drug-likeness (QED) is 0.335. The summed E-state index contributed by atoms with van der Waals surface area (Å²) in [7, 11) is -5.42. The van der Waals surface area contributed by atoms with Crippen LogP contribution >= 0.6 is 15.2 Å². The Morgan fingerprint density at radius 3 is 1.20 bits per heavy atom. The second-order valence-corrected chi connectivity index (χ2v) is 7.51. The van der Waals surface area contributed by atoms with E-state index in [1.54, 1.807) is 0 Å². The van der Waals surface area contributed by atoms with Gasteiger partial charge in [0.2, 0.25) is 0 Å². The third-order valence-corrected chi connectivity index (χ3v) is 7.28. The van der Waals surface area contributed by atoms with Crippen molar-refractivity contribution in [3.63, 3.8) is 0 Å². The maximum absolute atomic E-state index is 12.5. The van der Waals surface area contributed by atoms with E-state index in [1.807, 2.05) is 0 Å². The molecule has 0 fully saturated rings. The van der Waals surface area contributed by atoms with Crippen LogP contribution in [0.15, 0.2) is 0 Å². The molecule has 0 aliphatic rings. The van der Waals surface area contributed by atoms with Gasteiger partial charge in [-0.05, 0) is 6.42 Å². The van der Waals surface area contributed by atoms with Gasteiger partial charge in [0.25, 0.3) is 5.08 Å². The van der Waals surface area contributed by atoms with E-state index in [0.29, 0.717) is 0 Å². The van der Waals surface area contributed by atoms with Crippen LogP contribution in [0.4, 0.5) is 0 Å². The predicted octanol–water partition coefficient (Wildman–Crippen LogP) is 1.74. The lowest BCUT2D eigenvalue weighted by Crippen LogP contribution is -2.32. The van der Waals surface area contributed by atoms with Crippen LogP contribution in [0.25, 0.3) is 0 Å². The highest BCUT2D eigenvalue weighted by Crippen LogP contribution is 2.77. The summed E-state index contributed by atoms with van der Waals surface area (Å²) in [5, 5.41) is 7.61. The van der Waals surface area contributed by atoms with E-state index >= 15 is 0 Å². The summed E-state index contributed by atoms with van der Waals surface area (Å²) < 4.78 is 42.5. The zero-order valence-corrected chi connectivity index (χ0v) is 13.4. The lowest BCUT2D eigenvalue weighted by molar-refractivity contribution is -0.263. The number of hydrogen-bond acceptors (Lipinski definition) is 11. The Hall–Kier alpha value is 0.1000. The molecule has 1 N–H and O–H groups in total. The zero-order chi connectivity index (χ0) is 15.9. The van der Waals surface area contributed by atoms with Crippen LogP contribution in [0.1, 0.15) is 13.3 Å². The van der Waals surface area contributed by atoms with E-state index in [4.69, 9.17) is 0 Å². The Balaban J connectivity index is 5.83. The normalized spacial score (nSPS) is 13.7. The minimum atomic E-state index is -4.68. The van der Waals surface area contributed by atoms with E-state index < -0.39 is 26.7 Å². The molecule has 0 aromatic rings. The molecule has 0 saturated carbocycles. The van der Waals surface area contributed by atoms with Crippen LogP contribution in [0, 0.1) is 0 Å². The minimum Gasteiger partial charge on any atom is -0.367 e. The van der Waals surface area contributed by atoms with Gasteiger partial charge in [-0.1, -0.05) is 6.92 Å². The molecule has 0 aliphatic carbocycles. The van der Waals surface area contributed by atoms with Crippen LogP contribution in [0.5, 0.6) is 0 Å². The fraction of sp³-hybridized carbons (Fsp3) is 1.00. The van der Waals surface area contributed by atoms with Gasteiger partial charge in [0, 0.05) is 0 Å². The first kappa shape index (κ1) is 20.1. The number of aliphatic hydroxyl groups is 1. The number of rotatable bonds is 11. The Labute approximate surface area is 115 Å². The maximum Gasteiger partial charge on any atom is 0.428 e. The van der Waals surface area contributed by atoms with Gasteiger partial charge >= 0.3 is 15.2 Å². The average molecular weight is 340 g/mol. The monoisotopic (exact) mass is 340 g/mol. The molecule has 13 heteroatoms. The third-order valence-electron chi connectivity index (χ3n) is 2.04. The van der Waals surface area contributed by atoms with Gasteiger partial charge in [-0.2, -0.15) is 0 Å². The summed E-state index contributed by atoms with van der Waals surface area (Å²) in [5.74, 6) is 0. The van der Waals surface area contributed by atoms with E-state index in [9.17, 15) is 14.2 Å². The SMILES string of the molecule is CCC(O)(P(=O)(OOC)OOC)P(=O)(OOC)OOC. The van der Waals surface area contributed by atoms with Gasteiger partial charge in [-0.15, -0.1) is 18.7 Å². The molecule has 122 valence electrons. The summed E-state index contributed by atoms with van der Waals surface area (Å²) in [6, 6.07) is 0. The van der Waals surface area contributed by atoms with Crippen LogP contribution in [0.3, 0.4) is 0 Å². The molecule has 0 saturated heterocycles. The van der Waals surface area contributed by atoms with Crippen molar-refractivity contribution in [3.05, 3.63) is 0 Å². The standard InChI is InChI=1S/C7H18O11P2/c1-6-7(8,19(9,15-11-2)16-12-3)20(10,17-13-4)18-14-5/h8H,6H2,1-5H3. The van der Waals surface area contributed by atoms with Crippen LogP contribution in [-0.4, -0.2) is 38.6 Å². The molecule has 0 aliphatic heterocycles. The van der Waals surface area contributed by atoms with Crippen molar-refractivity contribution in [2.75, 3.05) is 28.4 Å². The second-order valence-electron chi connectivity index (χ2n) is 3.09. The second kappa shape index (κ2) is 8.52. The van der Waals surface area contributed by atoms with Crippen molar-refractivity contribution in [1.82, 2.24) is 0 Å². The van der Waals surface area contributed by atoms with Crippen molar-refractivity contribution in [2.24, 2.45) is 0 Å². The summed E-state index contributed by atoms with van der Waals surface area (Å²) in [6.07, 6.45) is -0.471.